The van der Waals surface area contributed by atoms with Gasteiger partial charge in [0.25, 0.3) is 0 Å². The smallest absolute Gasteiger partial charge is 0.129 e. The van der Waals surface area contributed by atoms with Crippen molar-refractivity contribution < 1.29 is 4.39 Å². The van der Waals surface area contributed by atoms with Crippen molar-refractivity contribution in [2.45, 2.75) is 19.4 Å². The standard InChI is InChI=1S/C15H19Cl2FN2/c1-10(2)9-13(20-7-5-19-6-8-20)14-12(18)4-3-11(16)15(14)17/h3-4,13,19H,1,5-9H2,2H3/t13-/m1/s1. The second kappa shape index (κ2) is 6.90. The summed E-state index contributed by atoms with van der Waals surface area (Å²) < 4.78 is 14.3. The van der Waals surface area contributed by atoms with Crippen LogP contribution in [0.15, 0.2) is 24.3 Å². The highest BCUT2D eigenvalue weighted by Gasteiger charge is 2.27. The topological polar surface area (TPSA) is 15.3 Å². The Bertz CT molecular complexity index is 499. The van der Waals surface area contributed by atoms with Gasteiger partial charge in [-0.15, -0.1) is 6.58 Å². The average molecular weight is 317 g/mol. The first-order valence-electron chi connectivity index (χ1n) is 6.73. The molecule has 5 heteroatoms. The van der Waals surface area contributed by atoms with Crippen molar-refractivity contribution in [3.05, 3.63) is 45.7 Å². The van der Waals surface area contributed by atoms with E-state index in [1.807, 2.05) is 6.92 Å². The highest BCUT2D eigenvalue weighted by Crippen LogP contribution is 2.37. The molecule has 0 aromatic heterocycles. The number of nitrogens with one attached hydrogen (secondary N) is 1. The molecule has 1 heterocycles. The van der Waals surface area contributed by atoms with E-state index >= 15 is 0 Å². The van der Waals surface area contributed by atoms with Gasteiger partial charge >= 0.3 is 0 Å². The molecule has 1 N–H and O–H groups in total. The van der Waals surface area contributed by atoms with E-state index in [9.17, 15) is 4.39 Å². The van der Waals surface area contributed by atoms with E-state index in [1.165, 1.54) is 12.1 Å². The molecule has 1 fully saturated rings. The fraction of sp³-hybridized carbons (Fsp3) is 0.467. The highest BCUT2D eigenvalue weighted by molar-refractivity contribution is 6.42. The van der Waals surface area contributed by atoms with Gasteiger partial charge < -0.3 is 5.32 Å². The van der Waals surface area contributed by atoms with Gasteiger partial charge in [-0.2, -0.15) is 0 Å². The third kappa shape index (κ3) is 3.53. The van der Waals surface area contributed by atoms with Gasteiger partial charge in [0, 0.05) is 37.8 Å². The Balaban J connectivity index is 2.40. The Morgan fingerprint density at radius 3 is 2.65 bits per heavy atom. The molecule has 2 rings (SSSR count). The van der Waals surface area contributed by atoms with Crippen molar-refractivity contribution in [1.29, 1.82) is 0 Å². The van der Waals surface area contributed by atoms with Crippen LogP contribution in [0.5, 0.6) is 0 Å². The molecule has 1 aliphatic rings. The van der Waals surface area contributed by atoms with Gasteiger partial charge in [0.05, 0.1) is 10.0 Å². The summed E-state index contributed by atoms with van der Waals surface area (Å²) >= 11 is 12.3. The maximum absolute atomic E-state index is 14.3. The van der Waals surface area contributed by atoms with Crippen molar-refractivity contribution in [3.8, 4) is 0 Å². The molecule has 0 amide bonds. The van der Waals surface area contributed by atoms with Crippen LogP contribution in [0.1, 0.15) is 24.9 Å². The largest absolute Gasteiger partial charge is 0.314 e. The number of rotatable bonds is 4. The van der Waals surface area contributed by atoms with Crippen LogP contribution in [0.25, 0.3) is 0 Å². The Kier molecular flexibility index (Phi) is 5.44. The van der Waals surface area contributed by atoms with E-state index in [1.54, 1.807) is 0 Å². The summed E-state index contributed by atoms with van der Waals surface area (Å²) in [5, 5.41) is 4.01. The van der Waals surface area contributed by atoms with Crippen LogP contribution in [0.3, 0.4) is 0 Å². The molecule has 0 bridgehead atoms. The lowest BCUT2D eigenvalue weighted by molar-refractivity contribution is 0.169. The lowest BCUT2D eigenvalue weighted by Crippen LogP contribution is -2.45. The zero-order chi connectivity index (χ0) is 14.7. The number of hydrogen-bond donors (Lipinski definition) is 1. The van der Waals surface area contributed by atoms with Crippen LogP contribution in [-0.2, 0) is 0 Å². The fourth-order valence-corrected chi connectivity index (χ4v) is 3.03. The molecule has 20 heavy (non-hydrogen) atoms. The van der Waals surface area contributed by atoms with Gasteiger partial charge in [-0.3, -0.25) is 4.90 Å². The number of nitrogens with zero attached hydrogens (tertiary/aromatic N) is 1. The molecule has 1 aromatic carbocycles. The van der Waals surface area contributed by atoms with Gasteiger partial charge in [-0.1, -0.05) is 28.8 Å². The average Bonchev–Trinajstić information content (AvgIpc) is 2.43. The molecule has 0 spiro atoms. The first-order chi connectivity index (χ1) is 9.50. The number of piperazine rings is 1. The molecular weight excluding hydrogens is 298 g/mol. The van der Waals surface area contributed by atoms with Crippen molar-refractivity contribution >= 4 is 23.2 Å². The molecule has 0 saturated carbocycles. The molecule has 110 valence electrons. The van der Waals surface area contributed by atoms with E-state index in [-0.39, 0.29) is 11.9 Å². The lowest BCUT2D eigenvalue weighted by atomic mass is 9.97. The zero-order valence-electron chi connectivity index (χ0n) is 11.6. The quantitative estimate of drug-likeness (QED) is 0.666. The first-order valence-corrected chi connectivity index (χ1v) is 7.49. The van der Waals surface area contributed by atoms with E-state index in [2.05, 4.69) is 16.8 Å². The molecule has 0 unspecified atom stereocenters. The predicted octanol–water partition coefficient (Wildman–Crippen LogP) is 4.05. The minimum atomic E-state index is -0.302. The monoisotopic (exact) mass is 316 g/mol. The summed E-state index contributed by atoms with van der Waals surface area (Å²) in [7, 11) is 0. The molecule has 1 aromatic rings. The van der Waals surface area contributed by atoms with E-state index in [4.69, 9.17) is 23.2 Å². The number of halogens is 3. The number of hydrogen-bond acceptors (Lipinski definition) is 2. The molecule has 0 aliphatic carbocycles. The molecule has 1 atom stereocenters. The minimum Gasteiger partial charge on any atom is -0.314 e. The van der Waals surface area contributed by atoms with Gasteiger partial charge in [0.2, 0.25) is 0 Å². The number of benzene rings is 1. The van der Waals surface area contributed by atoms with Crippen LogP contribution in [0, 0.1) is 5.82 Å². The van der Waals surface area contributed by atoms with Crippen LogP contribution in [0.2, 0.25) is 10.0 Å². The van der Waals surface area contributed by atoms with Crippen LogP contribution < -0.4 is 5.32 Å². The van der Waals surface area contributed by atoms with Crippen molar-refractivity contribution in [3.63, 3.8) is 0 Å². The molecule has 1 saturated heterocycles. The second-order valence-electron chi connectivity index (χ2n) is 5.22. The SMILES string of the molecule is C=C(C)C[C@H](c1c(F)ccc(Cl)c1Cl)N1CCNCC1. The zero-order valence-corrected chi connectivity index (χ0v) is 13.1. The Labute approximate surface area is 129 Å². The first kappa shape index (κ1) is 15.8. The summed E-state index contributed by atoms with van der Waals surface area (Å²) in [6.45, 7) is 9.42. The van der Waals surface area contributed by atoms with E-state index < -0.39 is 0 Å². The van der Waals surface area contributed by atoms with Crippen molar-refractivity contribution in [1.82, 2.24) is 10.2 Å². The maximum Gasteiger partial charge on any atom is 0.129 e. The summed E-state index contributed by atoms with van der Waals surface area (Å²) in [5.74, 6) is -0.302. The minimum absolute atomic E-state index is 0.110. The van der Waals surface area contributed by atoms with Crippen LogP contribution in [-0.4, -0.2) is 31.1 Å². The second-order valence-corrected chi connectivity index (χ2v) is 6.01. The molecule has 0 radical (unpaired) electrons. The Morgan fingerprint density at radius 1 is 1.40 bits per heavy atom. The summed E-state index contributed by atoms with van der Waals surface area (Å²) in [6, 6.07) is 2.77. The van der Waals surface area contributed by atoms with Gasteiger partial charge in [0.15, 0.2) is 0 Å². The fourth-order valence-electron chi connectivity index (χ4n) is 2.59. The Morgan fingerprint density at radius 2 is 2.05 bits per heavy atom. The Hall–Kier alpha value is -0.610. The van der Waals surface area contributed by atoms with E-state index in [0.717, 1.165) is 31.8 Å². The maximum atomic E-state index is 14.3. The van der Waals surface area contributed by atoms with Gasteiger partial charge in [-0.25, -0.2) is 4.39 Å². The normalized spacial score (nSPS) is 18.0. The predicted molar refractivity (Wildman–Crippen MR) is 83.0 cm³/mol. The summed E-state index contributed by atoms with van der Waals surface area (Å²) in [4.78, 5) is 2.24. The van der Waals surface area contributed by atoms with E-state index in [0.29, 0.717) is 22.0 Å². The summed E-state index contributed by atoms with van der Waals surface area (Å²) in [6.07, 6.45) is 0.678. The molecule has 1 aliphatic heterocycles. The third-order valence-electron chi connectivity index (χ3n) is 3.55. The van der Waals surface area contributed by atoms with Crippen LogP contribution in [0.4, 0.5) is 4.39 Å². The van der Waals surface area contributed by atoms with Crippen molar-refractivity contribution in [2.75, 3.05) is 26.2 Å². The van der Waals surface area contributed by atoms with Crippen molar-refractivity contribution in [2.24, 2.45) is 0 Å². The van der Waals surface area contributed by atoms with Gasteiger partial charge in [0.1, 0.15) is 5.82 Å². The lowest BCUT2D eigenvalue weighted by Gasteiger charge is -2.36. The molecular formula is C15H19Cl2FN2. The third-order valence-corrected chi connectivity index (χ3v) is 4.37. The molecule has 2 nitrogen and oxygen atoms in total. The summed E-state index contributed by atoms with van der Waals surface area (Å²) in [5.41, 5.74) is 1.49. The van der Waals surface area contributed by atoms with Crippen LogP contribution >= 0.6 is 23.2 Å². The van der Waals surface area contributed by atoms with Gasteiger partial charge in [-0.05, 0) is 25.5 Å². The highest BCUT2D eigenvalue weighted by atomic mass is 35.5.